The van der Waals surface area contributed by atoms with E-state index in [0.29, 0.717) is 11.8 Å². The molecule has 1 aromatic heterocycles. The van der Waals surface area contributed by atoms with Crippen LogP contribution in [0.15, 0.2) is 12.1 Å². The van der Waals surface area contributed by atoms with E-state index < -0.39 is 10.9 Å². The van der Waals surface area contributed by atoms with Crippen molar-refractivity contribution in [2.24, 2.45) is 11.8 Å². The van der Waals surface area contributed by atoms with Gasteiger partial charge in [-0.3, -0.25) is 10.1 Å². The van der Waals surface area contributed by atoms with E-state index in [0.717, 1.165) is 13.1 Å². The lowest BCUT2D eigenvalue weighted by atomic mass is 10.0. The van der Waals surface area contributed by atoms with Crippen LogP contribution in [0.25, 0.3) is 0 Å². The first-order valence-corrected chi connectivity index (χ1v) is 7.09. The lowest BCUT2D eigenvalue weighted by molar-refractivity contribution is -0.384. The Morgan fingerprint density at radius 2 is 2.05 bits per heavy atom. The first-order chi connectivity index (χ1) is 10.1. The molecule has 112 valence electrons. The number of carbonyl (C=O) groups excluding carboxylic acids is 1. The highest BCUT2D eigenvalue weighted by Gasteiger charge is 2.38. The van der Waals surface area contributed by atoms with Crippen molar-refractivity contribution in [3.05, 3.63) is 27.9 Å². The van der Waals surface area contributed by atoms with Gasteiger partial charge in [-0.25, -0.2) is 9.78 Å². The zero-order valence-corrected chi connectivity index (χ0v) is 11.8. The third-order valence-corrected chi connectivity index (χ3v) is 4.47. The molecule has 3 rings (SSSR count). The van der Waals surface area contributed by atoms with Gasteiger partial charge in [0, 0.05) is 19.2 Å². The van der Waals surface area contributed by atoms with Gasteiger partial charge in [0.2, 0.25) is 5.82 Å². The number of aromatic nitrogens is 1. The average Bonchev–Trinajstić information content (AvgIpc) is 3.06. The first kappa shape index (κ1) is 13.8. The summed E-state index contributed by atoms with van der Waals surface area (Å²) in [6.45, 7) is 1.56. The van der Waals surface area contributed by atoms with Gasteiger partial charge in [-0.05, 0) is 30.7 Å². The van der Waals surface area contributed by atoms with Crippen molar-refractivity contribution in [2.75, 3.05) is 25.1 Å². The summed E-state index contributed by atoms with van der Waals surface area (Å²) in [5.41, 5.74) is 0.0535. The fourth-order valence-electron chi connectivity index (χ4n) is 3.44. The van der Waals surface area contributed by atoms with Crippen molar-refractivity contribution in [1.82, 2.24) is 4.98 Å². The molecule has 1 saturated carbocycles. The summed E-state index contributed by atoms with van der Waals surface area (Å²) in [5.74, 6) is 0.893. The average molecular weight is 291 g/mol. The Hall–Kier alpha value is -2.18. The molecule has 2 atom stereocenters. The molecule has 2 aliphatic rings. The van der Waals surface area contributed by atoms with E-state index in [2.05, 4.69) is 9.72 Å². The van der Waals surface area contributed by atoms with E-state index in [1.807, 2.05) is 4.90 Å². The van der Waals surface area contributed by atoms with E-state index in [1.165, 1.54) is 38.5 Å². The Kier molecular flexibility index (Phi) is 3.48. The number of hydrogen-bond acceptors (Lipinski definition) is 6. The molecular weight excluding hydrogens is 274 g/mol. The van der Waals surface area contributed by atoms with Gasteiger partial charge in [0.1, 0.15) is 0 Å². The molecule has 7 nitrogen and oxygen atoms in total. The molecule has 2 fully saturated rings. The van der Waals surface area contributed by atoms with E-state index in [9.17, 15) is 14.9 Å². The number of nitro groups is 1. The summed E-state index contributed by atoms with van der Waals surface area (Å²) in [6.07, 6.45) is 3.58. The molecule has 21 heavy (non-hydrogen) atoms. The summed E-state index contributed by atoms with van der Waals surface area (Å²) in [7, 11) is 1.27. The molecule has 0 N–H and O–H groups in total. The molecule has 2 unspecified atom stereocenters. The number of methoxy groups -OCH3 is 1. The molecule has 0 spiro atoms. The smallest absolute Gasteiger partial charge is 0.356 e. The SMILES string of the molecule is COC(=O)c1ccc([N+](=O)[O-])c(N2CC3CCCC3C2)n1. The van der Waals surface area contributed by atoms with Crippen LogP contribution in [-0.2, 0) is 4.74 Å². The van der Waals surface area contributed by atoms with Gasteiger partial charge in [-0.1, -0.05) is 6.42 Å². The third-order valence-electron chi connectivity index (χ3n) is 4.47. The highest BCUT2D eigenvalue weighted by Crippen LogP contribution is 2.41. The minimum atomic E-state index is -0.578. The van der Waals surface area contributed by atoms with E-state index in [1.54, 1.807) is 0 Å². The molecule has 7 heteroatoms. The highest BCUT2D eigenvalue weighted by molar-refractivity contribution is 5.88. The predicted molar refractivity (Wildman–Crippen MR) is 75.3 cm³/mol. The Bertz CT molecular complexity index is 578. The normalized spacial score (nSPS) is 24.0. The van der Waals surface area contributed by atoms with Crippen molar-refractivity contribution >= 4 is 17.5 Å². The molecule has 1 aliphatic heterocycles. The van der Waals surface area contributed by atoms with E-state index >= 15 is 0 Å². The van der Waals surface area contributed by atoms with Gasteiger partial charge in [0.05, 0.1) is 12.0 Å². The van der Waals surface area contributed by atoms with Crippen molar-refractivity contribution < 1.29 is 14.5 Å². The van der Waals surface area contributed by atoms with Crippen LogP contribution in [0.4, 0.5) is 11.5 Å². The second kappa shape index (κ2) is 5.31. The minimum Gasteiger partial charge on any atom is -0.464 e. The molecule has 1 saturated heterocycles. The predicted octanol–water partition coefficient (Wildman–Crippen LogP) is 2.01. The van der Waals surface area contributed by atoms with Crippen molar-refractivity contribution in [1.29, 1.82) is 0 Å². The lowest BCUT2D eigenvalue weighted by Gasteiger charge is -2.18. The van der Waals surface area contributed by atoms with Crippen LogP contribution in [0.2, 0.25) is 0 Å². The molecule has 1 aromatic rings. The Labute approximate surface area is 122 Å². The zero-order chi connectivity index (χ0) is 15.0. The van der Waals surface area contributed by atoms with E-state index in [4.69, 9.17) is 0 Å². The number of fused-ring (bicyclic) bond motifs is 1. The number of anilines is 1. The summed E-state index contributed by atoms with van der Waals surface area (Å²) in [6, 6.07) is 2.67. The summed E-state index contributed by atoms with van der Waals surface area (Å²) in [4.78, 5) is 28.5. The maximum absolute atomic E-state index is 11.6. The zero-order valence-electron chi connectivity index (χ0n) is 11.8. The number of carbonyl (C=O) groups is 1. The number of esters is 1. The standard InChI is InChI=1S/C14H17N3O4/c1-21-14(18)11-5-6-12(17(19)20)13(15-11)16-7-9-3-2-4-10(9)8-16/h5-6,9-10H,2-4,7-8H2,1H3. The van der Waals surface area contributed by atoms with Crippen LogP contribution in [0.3, 0.4) is 0 Å². The van der Waals surface area contributed by atoms with Crippen molar-refractivity contribution in [3.8, 4) is 0 Å². The number of pyridine rings is 1. The maximum atomic E-state index is 11.6. The largest absolute Gasteiger partial charge is 0.464 e. The number of hydrogen-bond donors (Lipinski definition) is 0. The maximum Gasteiger partial charge on any atom is 0.356 e. The minimum absolute atomic E-state index is 0.0531. The van der Waals surface area contributed by atoms with E-state index in [-0.39, 0.29) is 17.2 Å². The fraction of sp³-hybridized carbons (Fsp3) is 0.571. The van der Waals surface area contributed by atoms with Crippen LogP contribution in [0, 0.1) is 22.0 Å². The number of nitrogens with zero attached hydrogens (tertiary/aromatic N) is 3. The van der Waals surface area contributed by atoms with Crippen LogP contribution in [-0.4, -0.2) is 36.1 Å². The van der Waals surface area contributed by atoms with Gasteiger partial charge >= 0.3 is 11.7 Å². The molecule has 0 bridgehead atoms. The Morgan fingerprint density at radius 1 is 1.38 bits per heavy atom. The number of rotatable bonds is 3. The first-order valence-electron chi connectivity index (χ1n) is 7.09. The van der Waals surface area contributed by atoms with Gasteiger partial charge in [-0.2, -0.15) is 0 Å². The summed E-state index contributed by atoms with van der Waals surface area (Å²) >= 11 is 0. The Morgan fingerprint density at radius 3 is 2.62 bits per heavy atom. The molecular formula is C14H17N3O4. The second-order valence-electron chi connectivity index (χ2n) is 5.64. The lowest BCUT2D eigenvalue weighted by Crippen LogP contribution is -2.24. The van der Waals surface area contributed by atoms with Crippen LogP contribution >= 0.6 is 0 Å². The highest BCUT2D eigenvalue weighted by atomic mass is 16.6. The summed E-state index contributed by atoms with van der Waals surface area (Å²) < 4.78 is 4.64. The van der Waals surface area contributed by atoms with Gasteiger partial charge in [0.25, 0.3) is 0 Å². The fourth-order valence-corrected chi connectivity index (χ4v) is 3.44. The quantitative estimate of drug-likeness (QED) is 0.481. The Balaban J connectivity index is 1.95. The molecule has 2 heterocycles. The van der Waals surface area contributed by atoms with Gasteiger partial charge in [-0.15, -0.1) is 0 Å². The third kappa shape index (κ3) is 2.43. The topological polar surface area (TPSA) is 85.6 Å². The van der Waals surface area contributed by atoms with Gasteiger partial charge in [0.15, 0.2) is 5.69 Å². The molecule has 0 amide bonds. The van der Waals surface area contributed by atoms with Crippen molar-refractivity contribution in [3.63, 3.8) is 0 Å². The second-order valence-corrected chi connectivity index (χ2v) is 5.64. The van der Waals surface area contributed by atoms with Gasteiger partial charge < -0.3 is 9.64 Å². The molecule has 0 radical (unpaired) electrons. The molecule has 1 aliphatic carbocycles. The van der Waals surface area contributed by atoms with Crippen LogP contribution < -0.4 is 4.90 Å². The van der Waals surface area contributed by atoms with Crippen LogP contribution in [0.5, 0.6) is 0 Å². The monoisotopic (exact) mass is 291 g/mol. The van der Waals surface area contributed by atoms with Crippen LogP contribution in [0.1, 0.15) is 29.8 Å². The van der Waals surface area contributed by atoms with Crippen molar-refractivity contribution in [2.45, 2.75) is 19.3 Å². The number of ether oxygens (including phenoxy) is 1. The molecule has 0 aromatic carbocycles. The summed E-state index contributed by atoms with van der Waals surface area (Å²) in [5, 5.41) is 11.2.